The Hall–Kier alpha value is -0.840. The highest BCUT2D eigenvalue weighted by Crippen LogP contribution is 2.66. The Bertz CT molecular complexity index is 1070. The highest BCUT2D eigenvalue weighted by atomic mass is 35.5. The van der Waals surface area contributed by atoms with Gasteiger partial charge in [-0.2, -0.15) is 18.4 Å². The highest BCUT2D eigenvalue weighted by Gasteiger charge is 2.58. The Morgan fingerprint density at radius 3 is 2.35 bits per heavy atom. The van der Waals surface area contributed by atoms with Crippen molar-refractivity contribution in [2.24, 2.45) is 0 Å². The highest BCUT2D eigenvalue weighted by molar-refractivity contribution is 7.66. The van der Waals surface area contributed by atoms with E-state index in [1.165, 1.54) is 0 Å². The number of rotatable bonds is 9. The minimum atomic E-state index is -5.79. The largest absolute Gasteiger partial charge is 0.490 e. The quantitative estimate of drug-likeness (QED) is 0.155. The van der Waals surface area contributed by atoms with Crippen molar-refractivity contribution in [3.05, 3.63) is 27.0 Å². The Balaban J connectivity index is 2.18. The molecular weight excluding hydrogens is 521 g/mol. The average molecular weight is 536 g/mol. The predicted octanol–water partition coefficient (Wildman–Crippen LogP) is -1.52. The van der Waals surface area contributed by atoms with Crippen molar-refractivity contribution in [1.29, 1.82) is 0 Å². The van der Waals surface area contributed by atoms with Gasteiger partial charge in [-0.25, -0.2) is 22.9 Å². The Kier molecular flexibility index (Phi) is 7.83. The third kappa shape index (κ3) is 6.58. The van der Waals surface area contributed by atoms with Crippen LogP contribution in [0.3, 0.4) is 0 Å². The Morgan fingerprint density at radius 1 is 1.23 bits per heavy atom. The van der Waals surface area contributed by atoms with Gasteiger partial charge in [-0.05, 0) is 0 Å². The normalized spacial score (nSPS) is 30.6. The van der Waals surface area contributed by atoms with Crippen LogP contribution in [0.5, 0.6) is 0 Å². The van der Waals surface area contributed by atoms with Crippen molar-refractivity contribution in [3.63, 3.8) is 0 Å². The summed E-state index contributed by atoms with van der Waals surface area (Å²) in [6, 6.07) is 0. The van der Waals surface area contributed by atoms with Gasteiger partial charge in [-0.15, -0.1) is 11.6 Å². The van der Waals surface area contributed by atoms with Crippen LogP contribution in [0.15, 0.2) is 15.8 Å². The van der Waals surface area contributed by atoms with Gasteiger partial charge in [0.05, 0.1) is 6.61 Å². The molecule has 0 aliphatic carbocycles. The van der Waals surface area contributed by atoms with Crippen LogP contribution >= 0.6 is 35.1 Å². The standard InChI is InChI=1S/C9H14ClFN3O14P3/c10-9(3-11)6(16)4(26-7(9)14-8(17)13-5(15)1-12-14)2-25-30(21,22)28-31(23,24)27-29(18,19)20/h1,4,6-7,16H,2-3H2,(H,21,22)(H,23,24)(H,13,15,17)(H2,18,19,20)/t4-,6?,7-,9-/m1/s1. The summed E-state index contributed by atoms with van der Waals surface area (Å²) in [7, 11) is -17.0. The lowest BCUT2D eigenvalue weighted by molar-refractivity contribution is -0.0520. The van der Waals surface area contributed by atoms with Gasteiger partial charge in [0.15, 0.2) is 6.23 Å². The molecule has 1 aliphatic heterocycles. The summed E-state index contributed by atoms with van der Waals surface area (Å²) in [6.07, 6.45) is -5.03. The zero-order valence-corrected chi connectivity index (χ0v) is 18.1. The van der Waals surface area contributed by atoms with Crippen LogP contribution in [-0.4, -0.2) is 69.8 Å². The summed E-state index contributed by atoms with van der Waals surface area (Å²) >= 11 is 5.99. The fraction of sp³-hybridized carbons (Fsp3) is 0.667. The predicted molar refractivity (Wildman–Crippen MR) is 93.4 cm³/mol. The first-order valence-electron chi connectivity index (χ1n) is 7.54. The monoisotopic (exact) mass is 535 g/mol. The number of hydrogen-bond donors (Lipinski definition) is 6. The van der Waals surface area contributed by atoms with E-state index >= 15 is 0 Å². The number of halogens is 2. The van der Waals surface area contributed by atoms with E-state index < -0.39 is 71.3 Å². The second-order valence-electron chi connectivity index (χ2n) is 5.80. The maximum atomic E-state index is 13.6. The van der Waals surface area contributed by atoms with Crippen molar-refractivity contribution in [2.45, 2.75) is 23.3 Å². The summed E-state index contributed by atoms with van der Waals surface area (Å²) in [5, 5.41) is 13.6. The second kappa shape index (κ2) is 9.19. The molecule has 0 radical (unpaired) electrons. The molecule has 178 valence electrons. The summed E-state index contributed by atoms with van der Waals surface area (Å²) in [4.78, 5) is 57.8. The van der Waals surface area contributed by atoms with E-state index in [1.54, 1.807) is 4.98 Å². The van der Waals surface area contributed by atoms with Crippen LogP contribution < -0.4 is 11.2 Å². The maximum absolute atomic E-state index is 13.6. The van der Waals surface area contributed by atoms with Crippen molar-refractivity contribution in [2.75, 3.05) is 13.3 Å². The summed E-state index contributed by atoms with van der Waals surface area (Å²) < 4.78 is 64.0. The molecule has 0 aromatic carbocycles. The zero-order valence-electron chi connectivity index (χ0n) is 14.6. The SMILES string of the molecule is O=c1cnn([C@@H]2O[C@H](COP(=O)(O)OP(=O)(O)OP(=O)(O)O)C(O)[C@]2(Cl)CF)c(=O)[nH]1. The maximum Gasteiger partial charge on any atom is 0.490 e. The third-order valence-electron chi connectivity index (χ3n) is 3.54. The van der Waals surface area contributed by atoms with Crippen LogP contribution in [0.2, 0.25) is 0 Å². The molecule has 22 heteroatoms. The Labute approximate surface area is 174 Å². The molecule has 1 saturated heterocycles. The van der Waals surface area contributed by atoms with Gasteiger partial charge in [0, 0.05) is 0 Å². The van der Waals surface area contributed by atoms with E-state index in [0.29, 0.717) is 10.9 Å². The average Bonchev–Trinajstić information content (AvgIpc) is 2.82. The number of phosphoric ester groups is 1. The van der Waals surface area contributed by atoms with Gasteiger partial charge in [0.1, 0.15) is 30.0 Å². The minimum Gasteiger partial charge on any atom is -0.388 e. The summed E-state index contributed by atoms with van der Waals surface area (Å²) in [6.45, 7) is -2.70. The smallest absolute Gasteiger partial charge is 0.388 e. The molecule has 1 aliphatic rings. The molecule has 31 heavy (non-hydrogen) atoms. The number of ether oxygens (including phenoxy) is 1. The molecule has 3 unspecified atom stereocenters. The lowest BCUT2D eigenvalue weighted by Crippen LogP contribution is -2.47. The summed E-state index contributed by atoms with van der Waals surface area (Å²) in [5.74, 6) is 0. The molecule has 1 fully saturated rings. The molecule has 6 N–H and O–H groups in total. The van der Waals surface area contributed by atoms with Gasteiger partial charge in [0.2, 0.25) is 0 Å². The van der Waals surface area contributed by atoms with E-state index in [-0.39, 0.29) is 0 Å². The Morgan fingerprint density at radius 2 is 1.84 bits per heavy atom. The molecule has 2 rings (SSSR count). The lowest BCUT2D eigenvalue weighted by Gasteiger charge is -2.26. The minimum absolute atomic E-state index is 0.377. The van der Waals surface area contributed by atoms with E-state index in [9.17, 15) is 37.7 Å². The number of alkyl halides is 2. The van der Waals surface area contributed by atoms with Crippen molar-refractivity contribution >= 4 is 35.1 Å². The van der Waals surface area contributed by atoms with Gasteiger partial charge >= 0.3 is 29.2 Å². The number of aliphatic hydroxyl groups is 1. The van der Waals surface area contributed by atoms with Gasteiger partial charge in [-0.1, -0.05) is 0 Å². The fourth-order valence-corrected chi connectivity index (χ4v) is 5.66. The van der Waals surface area contributed by atoms with Crippen LogP contribution in [-0.2, 0) is 31.6 Å². The number of aliphatic hydroxyl groups excluding tert-OH is 1. The topological polar surface area (TPSA) is 257 Å². The lowest BCUT2D eigenvalue weighted by atomic mass is 10.0. The number of H-pyrrole nitrogens is 1. The summed E-state index contributed by atoms with van der Waals surface area (Å²) in [5.41, 5.74) is -2.11. The van der Waals surface area contributed by atoms with Crippen LogP contribution in [0, 0.1) is 0 Å². The number of aromatic nitrogens is 3. The van der Waals surface area contributed by atoms with E-state index in [2.05, 4.69) is 18.2 Å². The fourth-order valence-electron chi connectivity index (χ4n) is 2.34. The van der Waals surface area contributed by atoms with E-state index in [1.807, 2.05) is 0 Å². The van der Waals surface area contributed by atoms with E-state index in [0.717, 1.165) is 0 Å². The number of phosphoric acid groups is 3. The molecule has 2 heterocycles. The third-order valence-corrected chi connectivity index (χ3v) is 7.85. The number of aromatic amines is 1. The molecular formula is C9H14ClFN3O14P3. The first-order valence-corrected chi connectivity index (χ1v) is 12.4. The second-order valence-corrected chi connectivity index (χ2v) is 10.9. The molecule has 0 amide bonds. The first-order chi connectivity index (χ1) is 14.0. The van der Waals surface area contributed by atoms with Crippen molar-refractivity contribution in [1.82, 2.24) is 14.8 Å². The van der Waals surface area contributed by atoms with Gasteiger partial charge in [-0.3, -0.25) is 14.3 Å². The molecule has 1 aromatic rings. The van der Waals surface area contributed by atoms with Gasteiger partial charge < -0.3 is 29.4 Å². The number of nitrogens with zero attached hydrogens (tertiary/aromatic N) is 2. The molecule has 0 saturated carbocycles. The number of nitrogens with one attached hydrogen (secondary N) is 1. The van der Waals surface area contributed by atoms with Crippen molar-refractivity contribution in [3.8, 4) is 0 Å². The first kappa shape index (κ1) is 26.4. The molecule has 1 aromatic heterocycles. The zero-order chi connectivity index (χ0) is 23.8. The van der Waals surface area contributed by atoms with Crippen LogP contribution in [0.1, 0.15) is 6.23 Å². The van der Waals surface area contributed by atoms with E-state index in [4.69, 9.17) is 31.0 Å². The molecule has 0 spiro atoms. The van der Waals surface area contributed by atoms with Gasteiger partial charge in [0.25, 0.3) is 5.56 Å². The molecule has 0 bridgehead atoms. The van der Waals surface area contributed by atoms with Crippen LogP contribution in [0.4, 0.5) is 4.39 Å². The number of hydrogen-bond acceptors (Lipinski definition) is 11. The molecule has 17 nitrogen and oxygen atoms in total. The molecule has 6 atom stereocenters. The van der Waals surface area contributed by atoms with Crippen molar-refractivity contribution < 1.29 is 60.6 Å². The van der Waals surface area contributed by atoms with Crippen LogP contribution in [0.25, 0.3) is 0 Å².